The number of Topliss-reactive ketones (excluding diaryl/α,β-unsaturated/α-hetero) is 1. The van der Waals surface area contributed by atoms with E-state index in [-0.39, 0.29) is 5.78 Å². The number of nitrogens with zero attached hydrogens (tertiary/aromatic N) is 1. The van der Waals surface area contributed by atoms with Crippen molar-refractivity contribution in [3.63, 3.8) is 0 Å². The molecule has 0 fully saturated rings. The summed E-state index contributed by atoms with van der Waals surface area (Å²) in [5, 5.41) is 0.655. The van der Waals surface area contributed by atoms with Crippen LogP contribution in [0.15, 0.2) is 77.4 Å². The van der Waals surface area contributed by atoms with E-state index in [9.17, 15) is 9.59 Å². The lowest BCUT2D eigenvalue weighted by Crippen LogP contribution is -2.24. The summed E-state index contributed by atoms with van der Waals surface area (Å²) < 4.78 is 10.9. The number of aryl methyl sites for hydroxylation is 1. The molecule has 0 saturated carbocycles. The van der Waals surface area contributed by atoms with E-state index < -0.39 is 12.1 Å². The molecule has 0 aliphatic rings. The average molecular weight is 385 g/mol. The first-order valence-corrected chi connectivity index (χ1v) is 9.28. The standard InChI is InChI=1S/C24H19NO4/c1-15-9-11-17(12-10-15)23(26)16(2)29-24(27)19-14-21(22-8-5-13-28-22)25-20-7-4-3-6-18(19)20/h3-14,16H,1-2H3/t16-/m0/s1. The van der Waals surface area contributed by atoms with E-state index in [0.29, 0.717) is 33.5 Å². The van der Waals surface area contributed by atoms with E-state index in [1.165, 1.54) is 0 Å². The van der Waals surface area contributed by atoms with Gasteiger partial charge in [-0.2, -0.15) is 0 Å². The monoisotopic (exact) mass is 385 g/mol. The molecule has 2 aromatic heterocycles. The third-order valence-corrected chi connectivity index (χ3v) is 4.70. The van der Waals surface area contributed by atoms with Gasteiger partial charge in [0.25, 0.3) is 0 Å². The number of aromatic nitrogens is 1. The molecule has 0 spiro atoms. The fourth-order valence-corrected chi connectivity index (χ4v) is 3.12. The van der Waals surface area contributed by atoms with Crippen LogP contribution >= 0.6 is 0 Å². The number of hydrogen-bond donors (Lipinski definition) is 0. The highest BCUT2D eigenvalue weighted by molar-refractivity contribution is 6.06. The Morgan fingerprint density at radius 3 is 2.48 bits per heavy atom. The van der Waals surface area contributed by atoms with Crippen LogP contribution in [0.2, 0.25) is 0 Å². The van der Waals surface area contributed by atoms with Crippen LogP contribution in [0.1, 0.15) is 33.2 Å². The second kappa shape index (κ2) is 7.72. The van der Waals surface area contributed by atoms with Gasteiger partial charge in [-0.1, -0.05) is 48.0 Å². The molecule has 4 aromatic rings. The molecule has 0 aliphatic heterocycles. The first kappa shape index (κ1) is 18.6. The van der Waals surface area contributed by atoms with Gasteiger partial charge in [-0.15, -0.1) is 0 Å². The predicted octanol–water partition coefficient (Wildman–Crippen LogP) is 5.23. The molecule has 0 aliphatic carbocycles. The van der Waals surface area contributed by atoms with Crippen molar-refractivity contribution in [2.24, 2.45) is 0 Å². The maximum absolute atomic E-state index is 12.9. The number of ether oxygens (including phenoxy) is 1. The van der Waals surface area contributed by atoms with E-state index in [1.54, 1.807) is 49.6 Å². The maximum atomic E-state index is 12.9. The summed E-state index contributed by atoms with van der Waals surface area (Å²) in [6, 6.07) is 19.6. The minimum Gasteiger partial charge on any atom is -0.463 e. The smallest absolute Gasteiger partial charge is 0.339 e. The summed E-state index contributed by atoms with van der Waals surface area (Å²) in [6.45, 7) is 3.53. The number of ketones is 1. The van der Waals surface area contributed by atoms with Crippen LogP contribution in [0.4, 0.5) is 0 Å². The second-order valence-electron chi connectivity index (χ2n) is 6.83. The second-order valence-corrected chi connectivity index (χ2v) is 6.83. The number of hydrogen-bond acceptors (Lipinski definition) is 5. The topological polar surface area (TPSA) is 69.4 Å². The van der Waals surface area contributed by atoms with Gasteiger partial charge in [0.2, 0.25) is 5.78 Å². The van der Waals surface area contributed by atoms with Crippen molar-refractivity contribution in [2.45, 2.75) is 20.0 Å². The molecule has 0 unspecified atom stereocenters. The summed E-state index contributed by atoms with van der Waals surface area (Å²) >= 11 is 0. The van der Waals surface area contributed by atoms with Crippen LogP contribution in [0.5, 0.6) is 0 Å². The summed E-state index contributed by atoms with van der Waals surface area (Å²) in [7, 11) is 0. The van der Waals surface area contributed by atoms with Gasteiger partial charge in [-0.05, 0) is 38.1 Å². The first-order valence-electron chi connectivity index (χ1n) is 9.28. The van der Waals surface area contributed by atoms with Crippen molar-refractivity contribution in [3.8, 4) is 11.5 Å². The molecule has 0 N–H and O–H groups in total. The fraction of sp³-hybridized carbons (Fsp3) is 0.125. The van der Waals surface area contributed by atoms with E-state index in [1.807, 2.05) is 37.3 Å². The Labute approximate surface area is 168 Å². The lowest BCUT2D eigenvalue weighted by Gasteiger charge is -2.14. The Morgan fingerprint density at radius 2 is 1.76 bits per heavy atom. The SMILES string of the molecule is Cc1ccc(C(=O)[C@H](C)OC(=O)c2cc(-c3ccco3)nc3ccccc23)cc1. The lowest BCUT2D eigenvalue weighted by molar-refractivity contribution is 0.0320. The highest BCUT2D eigenvalue weighted by Gasteiger charge is 2.23. The van der Waals surface area contributed by atoms with Crippen molar-refractivity contribution in [2.75, 3.05) is 0 Å². The van der Waals surface area contributed by atoms with Crippen LogP contribution in [0.3, 0.4) is 0 Å². The number of fused-ring (bicyclic) bond motifs is 1. The molecule has 0 radical (unpaired) electrons. The van der Waals surface area contributed by atoms with Gasteiger partial charge in [0.15, 0.2) is 11.9 Å². The lowest BCUT2D eigenvalue weighted by atomic mass is 10.0. The maximum Gasteiger partial charge on any atom is 0.339 e. The van der Waals surface area contributed by atoms with Crippen LogP contribution in [0.25, 0.3) is 22.4 Å². The van der Waals surface area contributed by atoms with E-state index >= 15 is 0 Å². The number of esters is 1. The Balaban J connectivity index is 1.65. The summed E-state index contributed by atoms with van der Waals surface area (Å²) in [4.78, 5) is 30.1. The van der Waals surface area contributed by atoms with Crippen LogP contribution in [-0.4, -0.2) is 22.8 Å². The molecular weight excluding hydrogens is 366 g/mol. The zero-order chi connectivity index (χ0) is 20.4. The summed E-state index contributed by atoms with van der Waals surface area (Å²) in [5.41, 5.74) is 3.07. The highest BCUT2D eigenvalue weighted by atomic mass is 16.5. The number of rotatable bonds is 5. The molecule has 2 heterocycles. The number of carbonyl (C=O) groups excluding carboxylic acids is 2. The fourth-order valence-electron chi connectivity index (χ4n) is 3.12. The normalized spacial score (nSPS) is 11.9. The van der Waals surface area contributed by atoms with Gasteiger partial charge < -0.3 is 9.15 Å². The third-order valence-electron chi connectivity index (χ3n) is 4.70. The van der Waals surface area contributed by atoms with Crippen LogP contribution in [-0.2, 0) is 4.74 Å². The predicted molar refractivity (Wildman–Crippen MR) is 110 cm³/mol. The number of pyridine rings is 1. The summed E-state index contributed by atoms with van der Waals surface area (Å²) in [5.74, 6) is -0.277. The van der Waals surface area contributed by atoms with Crippen molar-refractivity contribution in [3.05, 3.63) is 89.7 Å². The van der Waals surface area contributed by atoms with Gasteiger partial charge in [0.05, 0.1) is 17.3 Å². The molecule has 144 valence electrons. The van der Waals surface area contributed by atoms with Gasteiger partial charge in [0.1, 0.15) is 5.69 Å². The Kier molecular flexibility index (Phi) is 4.96. The van der Waals surface area contributed by atoms with Crippen molar-refractivity contribution >= 4 is 22.7 Å². The van der Waals surface area contributed by atoms with Crippen LogP contribution in [0, 0.1) is 6.92 Å². The molecule has 0 amide bonds. The van der Waals surface area contributed by atoms with Crippen molar-refractivity contribution in [1.82, 2.24) is 4.98 Å². The Morgan fingerprint density at radius 1 is 1.00 bits per heavy atom. The van der Waals surface area contributed by atoms with Gasteiger partial charge in [-0.3, -0.25) is 4.79 Å². The van der Waals surface area contributed by atoms with E-state index in [0.717, 1.165) is 5.56 Å². The van der Waals surface area contributed by atoms with E-state index in [2.05, 4.69) is 4.98 Å². The van der Waals surface area contributed by atoms with E-state index in [4.69, 9.17) is 9.15 Å². The molecule has 29 heavy (non-hydrogen) atoms. The third kappa shape index (κ3) is 3.80. The molecule has 2 aromatic carbocycles. The molecule has 0 saturated heterocycles. The minimum atomic E-state index is -0.913. The van der Waals surface area contributed by atoms with Gasteiger partial charge in [-0.25, -0.2) is 9.78 Å². The van der Waals surface area contributed by atoms with Crippen molar-refractivity contribution < 1.29 is 18.7 Å². The molecule has 4 rings (SSSR count). The molecular formula is C24H19NO4. The number of carbonyl (C=O) groups is 2. The molecule has 0 bridgehead atoms. The number of furan rings is 1. The van der Waals surface area contributed by atoms with Gasteiger partial charge in [0, 0.05) is 10.9 Å². The number of para-hydroxylation sites is 1. The quantitative estimate of drug-likeness (QED) is 0.347. The Bertz CT molecular complexity index is 1180. The molecule has 5 heteroatoms. The molecule has 5 nitrogen and oxygen atoms in total. The highest BCUT2D eigenvalue weighted by Crippen LogP contribution is 2.26. The Hall–Kier alpha value is -3.73. The zero-order valence-corrected chi connectivity index (χ0v) is 16.1. The van der Waals surface area contributed by atoms with Crippen molar-refractivity contribution in [1.29, 1.82) is 0 Å². The average Bonchev–Trinajstić information content (AvgIpc) is 3.28. The first-order chi connectivity index (χ1) is 14.0. The molecule has 1 atom stereocenters. The van der Waals surface area contributed by atoms with Crippen LogP contribution < -0.4 is 0 Å². The minimum absolute atomic E-state index is 0.247. The largest absolute Gasteiger partial charge is 0.463 e. The number of benzene rings is 2. The summed E-state index contributed by atoms with van der Waals surface area (Å²) in [6.07, 6.45) is 0.635. The van der Waals surface area contributed by atoms with Gasteiger partial charge >= 0.3 is 5.97 Å². The zero-order valence-electron chi connectivity index (χ0n) is 16.1.